The number of likely N-dealkylation sites (tertiary alicyclic amines) is 1. The first-order chi connectivity index (χ1) is 8.66. The Balaban J connectivity index is 2.05. The Hall–Kier alpha value is -0.870. The Morgan fingerprint density at radius 2 is 1.83 bits per heavy atom. The summed E-state index contributed by atoms with van der Waals surface area (Å²) in [4.78, 5) is 13.5. The highest BCUT2D eigenvalue weighted by Gasteiger charge is 2.26. The smallest absolute Gasteiger partial charge is 0.321 e. The van der Waals surface area contributed by atoms with Crippen LogP contribution in [0.2, 0.25) is 0 Å². The van der Waals surface area contributed by atoms with Gasteiger partial charge in [0.2, 0.25) is 0 Å². The Morgan fingerprint density at radius 1 is 1.22 bits per heavy atom. The average molecular weight is 312 g/mol. The number of rotatable bonds is 4. The summed E-state index contributed by atoms with van der Waals surface area (Å²) in [7, 11) is 0. The molecule has 1 aromatic rings. The van der Waals surface area contributed by atoms with E-state index in [1.807, 2.05) is 24.3 Å². The maximum absolute atomic E-state index is 11.4. The van der Waals surface area contributed by atoms with Crippen LogP contribution in [-0.4, -0.2) is 35.1 Å². The lowest BCUT2D eigenvalue weighted by molar-refractivity contribution is -0.143. The van der Waals surface area contributed by atoms with Crippen LogP contribution < -0.4 is 0 Å². The van der Waals surface area contributed by atoms with Crippen LogP contribution in [0.3, 0.4) is 0 Å². The minimum Gasteiger partial charge on any atom is -0.480 e. The maximum Gasteiger partial charge on any atom is 0.321 e. The van der Waals surface area contributed by atoms with Gasteiger partial charge >= 0.3 is 5.97 Å². The monoisotopic (exact) mass is 311 g/mol. The molecule has 1 aliphatic heterocycles. The van der Waals surface area contributed by atoms with E-state index >= 15 is 0 Å². The molecule has 0 aliphatic carbocycles. The van der Waals surface area contributed by atoms with E-state index in [0.717, 1.165) is 36.0 Å². The van der Waals surface area contributed by atoms with Crippen LogP contribution in [-0.2, 0) is 11.2 Å². The number of benzene rings is 1. The van der Waals surface area contributed by atoms with Crippen molar-refractivity contribution in [3.63, 3.8) is 0 Å². The van der Waals surface area contributed by atoms with Gasteiger partial charge in [0, 0.05) is 4.47 Å². The predicted molar refractivity (Wildman–Crippen MR) is 74.7 cm³/mol. The third-order valence-corrected chi connectivity index (χ3v) is 3.99. The van der Waals surface area contributed by atoms with Crippen molar-refractivity contribution in [2.45, 2.75) is 31.7 Å². The quantitative estimate of drug-likeness (QED) is 0.929. The van der Waals surface area contributed by atoms with Gasteiger partial charge < -0.3 is 5.11 Å². The first-order valence-electron chi connectivity index (χ1n) is 6.38. The highest BCUT2D eigenvalue weighted by molar-refractivity contribution is 9.10. The number of hydrogen-bond acceptors (Lipinski definition) is 2. The fourth-order valence-corrected chi connectivity index (χ4v) is 2.71. The van der Waals surface area contributed by atoms with Gasteiger partial charge in [0.15, 0.2) is 0 Å². The summed E-state index contributed by atoms with van der Waals surface area (Å²) in [5.74, 6) is -0.709. The molecule has 1 atom stereocenters. The zero-order chi connectivity index (χ0) is 13.0. The molecule has 0 spiro atoms. The fourth-order valence-electron chi connectivity index (χ4n) is 2.45. The van der Waals surface area contributed by atoms with Gasteiger partial charge in [-0.3, -0.25) is 9.69 Å². The second-order valence-corrected chi connectivity index (χ2v) is 5.70. The largest absolute Gasteiger partial charge is 0.480 e. The molecule has 1 heterocycles. The van der Waals surface area contributed by atoms with Crippen LogP contribution >= 0.6 is 15.9 Å². The summed E-state index contributed by atoms with van der Waals surface area (Å²) in [5.41, 5.74) is 1.08. The van der Waals surface area contributed by atoms with Gasteiger partial charge in [0.05, 0.1) is 0 Å². The van der Waals surface area contributed by atoms with Gasteiger partial charge in [0.1, 0.15) is 6.04 Å². The minimum atomic E-state index is -0.709. The molecule has 0 amide bonds. The average Bonchev–Trinajstić information content (AvgIpc) is 2.38. The Morgan fingerprint density at radius 3 is 2.39 bits per heavy atom. The maximum atomic E-state index is 11.4. The lowest BCUT2D eigenvalue weighted by Crippen LogP contribution is -2.45. The van der Waals surface area contributed by atoms with Crippen molar-refractivity contribution in [2.24, 2.45) is 0 Å². The minimum absolute atomic E-state index is 0.383. The molecule has 1 aliphatic rings. The highest BCUT2D eigenvalue weighted by Crippen LogP contribution is 2.17. The topological polar surface area (TPSA) is 40.5 Å². The third-order valence-electron chi connectivity index (χ3n) is 3.46. The zero-order valence-corrected chi connectivity index (χ0v) is 11.9. The van der Waals surface area contributed by atoms with E-state index < -0.39 is 5.97 Å². The first-order valence-corrected chi connectivity index (χ1v) is 7.17. The second-order valence-electron chi connectivity index (χ2n) is 4.78. The Labute approximate surface area is 116 Å². The molecule has 1 aromatic carbocycles. The predicted octanol–water partition coefficient (Wildman–Crippen LogP) is 2.93. The lowest BCUT2D eigenvalue weighted by atomic mass is 10.0. The van der Waals surface area contributed by atoms with Gasteiger partial charge in [-0.15, -0.1) is 0 Å². The summed E-state index contributed by atoms with van der Waals surface area (Å²) in [5, 5.41) is 9.39. The van der Waals surface area contributed by atoms with Crippen LogP contribution in [0, 0.1) is 0 Å². The van der Waals surface area contributed by atoms with Crippen LogP contribution in [0.25, 0.3) is 0 Å². The van der Waals surface area contributed by atoms with E-state index in [9.17, 15) is 9.90 Å². The van der Waals surface area contributed by atoms with Gasteiger partial charge in [-0.05, 0) is 50.0 Å². The van der Waals surface area contributed by atoms with Crippen LogP contribution in [0.4, 0.5) is 0 Å². The van der Waals surface area contributed by atoms with Crippen LogP contribution in [0.15, 0.2) is 28.7 Å². The number of piperidine rings is 1. The molecule has 0 saturated carbocycles. The van der Waals surface area contributed by atoms with E-state index in [1.54, 1.807) is 0 Å². The molecule has 3 nitrogen and oxygen atoms in total. The molecule has 0 unspecified atom stereocenters. The number of carbonyl (C=O) groups is 1. The number of nitrogens with zero attached hydrogens (tertiary/aromatic N) is 1. The SMILES string of the molecule is O=C(O)[C@@H](Cc1ccc(Br)cc1)N1CCCCC1. The molecule has 1 N–H and O–H groups in total. The number of carboxylic acids is 1. The van der Waals surface area contributed by atoms with Gasteiger partial charge in [-0.25, -0.2) is 0 Å². The highest BCUT2D eigenvalue weighted by atomic mass is 79.9. The van der Waals surface area contributed by atoms with Crippen molar-refractivity contribution in [1.82, 2.24) is 4.90 Å². The standard InChI is InChI=1S/C14H18BrNO2/c15-12-6-4-11(5-7-12)10-13(14(17)18)16-8-2-1-3-9-16/h4-7,13H,1-3,8-10H2,(H,17,18)/t13-/m1/s1. The molecule has 1 saturated heterocycles. The first kappa shape index (κ1) is 13.6. The Kier molecular flexibility index (Phi) is 4.78. The van der Waals surface area contributed by atoms with Crippen molar-refractivity contribution in [2.75, 3.05) is 13.1 Å². The van der Waals surface area contributed by atoms with Crippen molar-refractivity contribution >= 4 is 21.9 Å². The van der Waals surface area contributed by atoms with E-state index in [4.69, 9.17) is 0 Å². The van der Waals surface area contributed by atoms with Crippen molar-refractivity contribution in [3.05, 3.63) is 34.3 Å². The lowest BCUT2D eigenvalue weighted by Gasteiger charge is -2.32. The number of halogens is 1. The summed E-state index contributed by atoms with van der Waals surface area (Å²) in [6.45, 7) is 1.82. The molecule has 18 heavy (non-hydrogen) atoms. The Bertz CT molecular complexity index is 399. The molecule has 98 valence electrons. The van der Waals surface area contributed by atoms with Crippen molar-refractivity contribution in [3.8, 4) is 0 Å². The van der Waals surface area contributed by atoms with Crippen molar-refractivity contribution < 1.29 is 9.90 Å². The third kappa shape index (κ3) is 3.56. The van der Waals surface area contributed by atoms with Crippen molar-refractivity contribution in [1.29, 1.82) is 0 Å². The number of hydrogen-bond donors (Lipinski definition) is 1. The molecule has 1 fully saturated rings. The molecule has 0 radical (unpaired) electrons. The van der Waals surface area contributed by atoms with Crippen LogP contribution in [0.5, 0.6) is 0 Å². The summed E-state index contributed by atoms with van der Waals surface area (Å²) < 4.78 is 1.02. The fraction of sp³-hybridized carbons (Fsp3) is 0.500. The zero-order valence-electron chi connectivity index (χ0n) is 10.3. The van der Waals surface area contributed by atoms with E-state index in [0.29, 0.717) is 6.42 Å². The molecular weight excluding hydrogens is 294 g/mol. The van der Waals surface area contributed by atoms with Gasteiger partial charge in [0.25, 0.3) is 0 Å². The molecule has 2 rings (SSSR count). The van der Waals surface area contributed by atoms with E-state index in [1.165, 1.54) is 6.42 Å². The summed E-state index contributed by atoms with van der Waals surface area (Å²) in [6.07, 6.45) is 4.04. The molecule has 4 heteroatoms. The van der Waals surface area contributed by atoms with Crippen LogP contribution in [0.1, 0.15) is 24.8 Å². The molecule has 0 bridgehead atoms. The molecular formula is C14H18BrNO2. The number of carboxylic acid groups (broad SMARTS) is 1. The van der Waals surface area contributed by atoms with E-state index in [-0.39, 0.29) is 6.04 Å². The van der Waals surface area contributed by atoms with Gasteiger partial charge in [-0.2, -0.15) is 0 Å². The van der Waals surface area contributed by atoms with Gasteiger partial charge in [-0.1, -0.05) is 34.5 Å². The number of aliphatic carboxylic acids is 1. The summed E-state index contributed by atoms with van der Waals surface area (Å²) >= 11 is 3.39. The molecule has 0 aromatic heterocycles. The second kappa shape index (κ2) is 6.34. The van der Waals surface area contributed by atoms with E-state index in [2.05, 4.69) is 20.8 Å². The normalized spacial score (nSPS) is 18.5. The summed E-state index contributed by atoms with van der Waals surface area (Å²) in [6, 6.07) is 7.52.